The van der Waals surface area contributed by atoms with Crippen molar-refractivity contribution in [1.82, 2.24) is 4.72 Å². The van der Waals surface area contributed by atoms with Crippen LogP contribution in [0.3, 0.4) is 0 Å². The molecule has 0 saturated carbocycles. The molecule has 1 amide bonds. The van der Waals surface area contributed by atoms with Gasteiger partial charge in [0.25, 0.3) is 0 Å². The number of nitrogens with one attached hydrogen (secondary N) is 2. The summed E-state index contributed by atoms with van der Waals surface area (Å²) in [4.78, 5) is 35.7. The molecule has 0 saturated heterocycles. The van der Waals surface area contributed by atoms with Gasteiger partial charge in [-0.1, -0.05) is 18.5 Å². The number of esters is 1. The van der Waals surface area contributed by atoms with Crippen LogP contribution in [-0.2, 0) is 19.6 Å². The average molecular weight is 439 g/mol. The summed E-state index contributed by atoms with van der Waals surface area (Å²) in [5.74, 6) is -1.55. The summed E-state index contributed by atoms with van der Waals surface area (Å²) in [5, 5.41) is 2.65. The zero-order chi connectivity index (χ0) is 21.6. The van der Waals surface area contributed by atoms with Crippen LogP contribution >= 0.6 is 11.6 Å². The SMILES string of the molecule is CCC(=O)Nc1ccc(C(=O)COC(=O)c2cc(S(=O)(=O)NC)ccc2Cl)cc1. The Morgan fingerprint density at radius 2 is 1.72 bits per heavy atom. The quantitative estimate of drug-likeness (QED) is 0.483. The van der Waals surface area contributed by atoms with E-state index >= 15 is 0 Å². The minimum atomic E-state index is -3.77. The number of carbonyl (C=O) groups excluding carboxylic acids is 3. The van der Waals surface area contributed by atoms with Gasteiger partial charge in [0, 0.05) is 17.7 Å². The van der Waals surface area contributed by atoms with Crippen molar-refractivity contribution >= 4 is 45.0 Å². The van der Waals surface area contributed by atoms with E-state index in [1.54, 1.807) is 19.1 Å². The molecule has 0 atom stereocenters. The maximum atomic E-state index is 12.3. The van der Waals surface area contributed by atoms with Crippen molar-refractivity contribution in [2.75, 3.05) is 19.0 Å². The number of carbonyl (C=O) groups is 3. The molecule has 0 aliphatic heterocycles. The Morgan fingerprint density at radius 3 is 2.31 bits per heavy atom. The maximum absolute atomic E-state index is 12.3. The van der Waals surface area contributed by atoms with E-state index in [9.17, 15) is 22.8 Å². The van der Waals surface area contributed by atoms with Gasteiger partial charge in [0.2, 0.25) is 15.9 Å². The molecule has 0 spiro atoms. The second kappa shape index (κ2) is 9.64. The third-order valence-corrected chi connectivity index (χ3v) is 5.62. The Hall–Kier alpha value is -2.75. The van der Waals surface area contributed by atoms with Crippen LogP contribution in [0.15, 0.2) is 47.4 Å². The summed E-state index contributed by atoms with van der Waals surface area (Å²) in [6, 6.07) is 9.69. The summed E-state index contributed by atoms with van der Waals surface area (Å²) in [6.07, 6.45) is 0.329. The van der Waals surface area contributed by atoms with Crippen LogP contribution in [0.2, 0.25) is 5.02 Å². The molecular formula is C19H19ClN2O6S. The topological polar surface area (TPSA) is 119 Å². The minimum absolute atomic E-state index is 0.00600. The maximum Gasteiger partial charge on any atom is 0.340 e. The number of halogens is 1. The fraction of sp³-hybridized carbons (Fsp3) is 0.211. The first-order chi connectivity index (χ1) is 13.7. The third kappa shape index (κ3) is 5.86. The summed E-state index contributed by atoms with van der Waals surface area (Å²) in [7, 11) is -2.54. The number of amides is 1. The van der Waals surface area contributed by atoms with E-state index < -0.39 is 28.4 Å². The molecule has 2 aromatic carbocycles. The molecule has 0 heterocycles. The average Bonchev–Trinajstić information content (AvgIpc) is 2.72. The summed E-state index contributed by atoms with van der Waals surface area (Å²) in [5.41, 5.74) is 0.651. The van der Waals surface area contributed by atoms with Crippen LogP contribution in [0.1, 0.15) is 34.1 Å². The number of hydrogen-bond acceptors (Lipinski definition) is 6. The Morgan fingerprint density at radius 1 is 1.07 bits per heavy atom. The van der Waals surface area contributed by atoms with Crippen molar-refractivity contribution in [3.05, 3.63) is 58.6 Å². The van der Waals surface area contributed by atoms with Crippen LogP contribution in [0.5, 0.6) is 0 Å². The molecule has 0 fully saturated rings. The number of ketones is 1. The Labute approximate surface area is 173 Å². The summed E-state index contributed by atoms with van der Waals surface area (Å²) >= 11 is 5.95. The summed E-state index contributed by atoms with van der Waals surface area (Å²) < 4.78 is 30.8. The van der Waals surface area contributed by atoms with Crippen LogP contribution in [0.4, 0.5) is 5.69 Å². The lowest BCUT2D eigenvalue weighted by Crippen LogP contribution is -2.20. The lowest BCUT2D eigenvalue weighted by atomic mass is 10.1. The largest absolute Gasteiger partial charge is 0.454 e. The van der Waals surface area contributed by atoms with Gasteiger partial charge in [-0.05, 0) is 49.5 Å². The van der Waals surface area contributed by atoms with Gasteiger partial charge in [-0.25, -0.2) is 17.9 Å². The van der Waals surface area contributed by atoms with Gasteiger partial charge in [-0.15, -0.1) is 0 Å². The van der Waals surface area contributed by atoms with Gasteiger partial charge in [0.1, 0.15) is 0 Å². The monoisotopic (exact) mass is 438 g/mol. The first kappa shape index (κ1) is 22.5. The minimum Gasteiger partial charge on any atom is -0.454 e. The van der Waals surface area contributed by atoms with Crippen LogP contribution < -0.4 is 10.0 Å². The lowest BCUT2D eigenvalue weighted by Gasteiger charge is -2.09. The van der Waals surface area contributed by atoms with Crippen LogP contribution in [0, 0.1) is 0 Å². The smallest absolute Gasteiger partial charge is 0.340 e. The van der Waals surface area contributed by atoms with Crippen LogP contribution in [0.25, 0.3) is 0 Å². The lowest BCUT2D eigenvalue weighted by molar-refractivity contribution is -0.115. The van der Waals surface area contributed by atoms with E-state index in [1.807, 2.05) is 0 Å². The molecule has 0 aromatic heterocycles. The van der Waals surface area contributed by atoms with Crippen molar-refractivity contribution < 1.29 is 27.5 Å². The first-order valence-corrected chi connectivity index (χ1v) is 10.4. The Kier molecular flexibility index (Phi) is 7.49. The Balaban J connectivity index is 2.06. The summed E-state index contributed by atoms with van der Waals surface area (Å²) in [6.45, 7) is 1.16. The number of ether oxygens (including phenoxy) is 1. The highest BCUT2D eigenvalue weighted by Crippen LogP contribution is 2.21. The van der Waals surface area contributed by atoms with E-state index in [0.717, 1.165) is 6.07 Å². The van der Waals surface area contributed by atoms with Gasteiger partial charge in [-0.2, -0.15) is 0 Å². The number of anilines is 1. The second-order valence-electron chi connectivity index (χ2n) is 5.83. The number of benzene rings is 2. The molecule has 0 bridgehead atoms. The van der Waals surface area contributed by atoms with Crippen molar-refractivity contribution in [3.8, 4) is 0 Å². The number of rotatable bonds is 8. The zero-order valence-corrected chi connectivity index (χ0v) is 17.3. The highest BCUT2D eigenvalue weighted by Gasteiger charge is 2.19. The molecule has 29 heavy (non-hydrogen) atoms. The predicted molar refractivity (Wildman–Crippen MR) is 108 cm³/mol. The highest BCUT2D eigenvalue weighted by atomic mass is 35.5. The van der Waals surface area contributed by atoms with Crippen LogP contribution in [-0.4, -0.2) is 39.7 Å². The number of sulfonamides is 1. The molecule has 2 aromatic rings. The third-order valence-electron chi connectivity index (χ3n) is 3.88. The van der Waals surface area contributed by atoms with E-state index in [1.165, 1.54) is 31.3 Å². The predicted octanol–water partition coefficient (Wildman–Crippen LogP) is 2.64. The second-order valence-corrected chi connectivity index (χ2v) is 8.12. The highest BCUT2D eigenvalue weighted by molar-refractivity contribution is 7.89. The molecule has 0 aliphatic rings. The number of Topliss-reactive ketones (excluding diaryl/α,β-unsaturated/α-hetero) is 1. The zero-order valence-electron chi connectivity index (χ0n) is 15.7. The fourth-order valence-electron chi connectivity index (χ4n) is 2.23. The molecule has 2 rings (SSSR count). The van der Waals surface area contributed by atoms with Crippen molar-refractivity contribution in [2.45, 2.75) is 18.2 Å². The van der Waals surface area contributed by atoms with Gasteiger partial charge < -0.3 is 10.1 Å². The molecule has 0 aliphatic carbocycles. The van der Waals surface area contributed by atoms with E-state index in [0.29, 0.717) is 12.1 Å². The van der Waals surface area contributed by atoms with Crippen molar-refractivity contribution in [3.63, 3.8) is 0 Å². The standard InChI is InChI=1S/C19H19ClN2O6S/c1-3-18(24)22-13-6-4-12(5-7-13)17(23)11-28-19(25)15-10-14(8-9-16(15)20)29(26,27)21-2/h4-10,21H,3,11H2,1-2H3,(H,22,24). The Bertz CT molecular complexity index is 1040. The van der Waals surface area contributed by atoms with Gasteiger partial charge in [0.05, 0.1) is 15.5 Å². The van der Waals surface area contributed by atoms with Crippen molar-refractivity contribution in [1.29, 1.82) is 0 Å². The van der Waals surface area contributed by atoms with Gasteiger partial charge in [-0.3, -0.25) is 9.59 Å². The van der Waals surface area contributed by atoms with E-state index in [-0.39, 0.29) is 27.0 Å². The molecular weight excluding hydrogens is 420 g/mol. The fourth-order valence-corrected chi connectivity index (χ4v) is 3.18. The van der Waals surface area contributed by atoms with E-state index in [2.05, 4.69) is 10.0 Å². The molecule has 154 valence electrons. The number of hydrogen-bond donors (Lipinski definition) is 2. The van der Waals surface area contributed by atoms with Gasteiger partial charge in [0.15, 0.2) is 12.4 Å². The molecule has 0 unspecified atom stereocenters. The van der Waals surface area contributed by atoms with E-state index in [4.69, 9.17) is 16.3 Å². The molecule has 2 N–H and O–H groups in total. The molecule has 0 radical (unpaired) electrons. The first-order valence-electron chi connectivity index (χ1n) is 8.51. The van der Waals surface area contributed by atoms with Crippen molar-refractivity contribution in [2.24, 2.45) is 0 Å². The molecule has 8 nitrogen and oxygen atoms in total. The van der Waals surface area contributed by atoms with Gasteiger partial charge >= 0.3 is 5.97 Å². The normalized spacial score (nSPS) is 11.0. The molecule has 10 heteroatoms.